The van der Waals surface area contributed by atoms with Gasteiger partial charge in [-0.25, -0.2) is 0 Å². The summed E-state index contributed by atoms with van der Waals surface area (Å²) >= 11 is 3.49. The van der Waals surface area contributed by atoms with E-state index in [-0.39, 0.29) is 11.9 Å². The quantitative estimate of drug-likeness (QED) is 0.836. The minimum absolute atomic E-state index is 0.127. The second-order valence-electron chi connectivity index (χ2n) is 4.87. The minimum Gasteiger partial charge on any atom is -0.368 e. The van der Waals surface area contributed by atoms with Crippen LogP contribution >= 0.6 is 15.9 Å². The van der Waals surface area contributed by atoms with E-state index in [1.807, 2.05) is 14.0 Å². The summed E-state index contributed by atoms with van der Waals surface area (Å²) in [7, 11) is 1.86. The number of hydrogen-bond acceptors (Lipinski definition) is 4. The highest BCUT2D eigenvalue weighted by atomic mass is 79.9. The first-order chi connectivity index (χ1) is 9.02. The van der Waals surface area contributed by atoms with Crippen LogP contribution in [-0.4, -0.2) is 52.8 Å². The molecule has 1 fully saturated rings. The number of carbonyl (C=O) groups is 1. The number of morpholine rings is 1. The maximum absolute atomic E-state index is 12.3. The molecule has 1 aliphatic rings. The summed E-state index contributed by atoms with van der Waals surface area (Å²) in [5, 5.41) is 4.31. The van der Waals surface area contributed by atoms with E-state index in [4.69, 9.17) is 4.74 Å². The van der Waals surface area contributed by atoms with Gasteiger partial charge in [0.1, 0.15) is 6.10 Å². The van der Waals surface area contributed by atoms with Gasteiger partial charge in [-0.15, -0.1) is 0 Å². The highest BCUT2D eigenvalue weighted by molar-refractivity contribution is 9.10. The van der Waals surface area contributed by atoms with E-state index in [0.717, 1.165) is 29.0 Å². The molecule has 0 spiro atoms. The van der Waals surface area contributed by atoms with Gasteiger partial charge in [0.25, 0.3) is 0 Å². The van der Waals surface area contributed by atoms with Crippen molar-refractivity contribution >= 4 is 21.7 Å². The van der Waals surface area contributed by atoms with Crippen molar-refractivity contribution in [2.24, 2.45) is 7.05 Å². The average molecular weight is 330 g/mol. The minimum atomic E-state index is -0.309. The van der Waals surface area contributed by atoms with E-state index < -0.39 is 0 Å². The fourth-order valence-corrected chi connectivity index (χ4v) is 2.81. The van der Waals surface area contributed by atoms with Gasteiger partial charge in [0, 0.05) is 20.1 Å². The Kier molecular flexibility index (Phi) is 4.76. The number of rotatable bonds is 4. The third kappa shape index (κ3) is 3.24. The number of carbonyl (C=O) groups excluding carboxylic acids is 1. The summed E-state index contributed by atoms with van der Waals surface area (Å²) in [6, 6.07) is 0. The van der Waals surface area contributed by atoms with Crippen molar-refractivity contribution in [1.29, 1.82) is 0 Å². The Bertz CT molecular complexity index is 473. The topological polar surface area (TPSA) is 47.4 Å². The van der Waals surface area contributed by atoms with Crippen LogP contribution in [0.3, 0.4) is 0 Å². The highest BCUT2D eigenvalue weighted by Crippen LogP contribution is 2.21. The number of aromatic nitrogens is 2. The monoisotopic (exact) mass is 329 g/mol. The third-order valence-corrected chi connectivity index (χ3v) is 4.59. The van der Waals surface area contributed by atoms with Crippen molar-refractivity contribution in [2.75, 3.05) is 26.2 Å². The summed E-state index contributed by atoms with van der Waals surface area (Å²) in [5.41, 5.74) is 1.82. The summed E-state index contributed by atoms with van der Waals surface area (Å²) in [6.45, 7) is 7.23. The molecule has 1 aromatic rings. The molecule has 1 unspecified atom stereocenters. The molecule has 5 nitrogen and oxygen atoms in total. The molecule has 0 radical (unpaired) electrons. The summed E-state index contributed by atoms with van der Waals surface area (Å²) in [5.74, 6) is 0.127. The molecule has 19 heavy (non-hydrogen) atoms. The molecular weight excluding hydrogens is 310 g/mol. The first-order valence-electron chi connectivity index (χ1n) is 6.57. The number of nitrogens with zero attached hydrogens (tertiary/aromatic N) is 3. The van der Waals surface area contributed by atoms with Crippen molar-refractivity contribution in [3.63, 3.8) is 0 Å². The molecule has 0 aromatic carbocycles. The van der Waals surface area contributed by atoms with E-state index >= 15 is 0 Å². The SMILES string of the molecule is CCN1CCOC(C(=O)Cc2c(Br)c(C)nn2C)C1. The van der Waals surface area contributed by atoms with Crippen LogP contribution in [0.25, 0.3) is 0 Å². The second kappa shape index (κ2) is 6.15. The highest BCUT2D eigenvalue weighted by Gasteiger charge is 2.27. The molecule has 1 atom stereocenters. The Morgan fingerprint density at radius 1 is 1.58 bits per heavy atom. The summed E-state index contributed by atoms with van der Waals surface area (Å²) < 4.78 is 8.28. The molecular formula is C13H20BrN3O2. The lowest BCUT2D eigenvalue weighted by Gasteiger charge is -2.31. The van der Waals surface area contributed by atoms with Gasteiger partial charge in [0.2, 0.25) is 0 Å². The maximum Gasteiger partial charge on any atom is 0.168 e. The van der Waals surface area contributed by atoms with Gasteiger partial charge in [-0.1, -0.05) is 6.92 Å². The van der Waals surface area contributed by atoms with Crippen LogP contribution in [0.1, 0.15) is 18.3 Å². The molecule has 0 saturated carbocycles. The molecule has 1 aromatic heterocycles. The predicted molar refractivity (Wildman–Crippen MR) is 76.2 cm³/mol. The zero-order valence-corrected chi connectivity index (χ0v) is 13.2. The number of Topliss-reactive ketones (excluding diaryl/α,β-unsaturated/α-hetero) is 1. The van der Waals surface area contributed by atoms with Crippen molar-refractivity contribution in [2.45, 2.75) is 26.4 Å². The molecule has 0 bridgehead atoms. The molecule has 2 rings (SSSR count). The predicted octanol–water partition coefficient (Wildman–Crippen LogP) is 1.32. The number of hydrogen-bond donors (Lipinski definition) is 0. The lowest BCUT2D eigenvalue weighted by atomic mass is 10.1. The van der Waals surface area contributed by atoms with Gasteiger partial charge in [0.15, 0.2) is 5.78 Å². The lowest BCUT2D eigenvalue weighted by Crippen LogP contribution is -2.46. The standard InChI is InChI=1S/C13H20BrN3O2/c1-4-17-5-6-19-12(8-17)11(18)7-10-13(14)9(2)15-16(10)3/h12H,4-8H2,1-3H3. The maximum atomic E-state index is 12.3. The van der Waals surface area contributed by atoms with Gasteiger partial charge in [0.05, 0.1) is 28.9 Å². The normalized spacial score (nSPS) is 20.7. The Morgan fingerprint density at radius 2 is 2.32 bits per heavy atom. The summed E-state index contributed by atoms with van der Waals surface area (Å²) in [4.78, 5) is 14.6. The Hall–Kier alpha value is -0.720. The third-order valence-electron chi connectivity index (χ3n) is 3.56. The number of aryl methyl sites for hydroxylation is 2. The molecule has 1 saturated heterocycles. The lowest BCUT2D eigenvalue weighted by molar-refractivity contribution is -0.135. The molecule has 0 N–H and O–H groups in total. The first kappa shape index (κ1) is 14.7. The van der Waals surface area contributed by atoms with Crippen LogP contribution < -0.4 is 0 Å². The number of ketones is 1. The first-order valence-corrected chi connectivity index (χ1v) is 7.36. The van der Waals surface area contributed by atoms with Crippen molar-refractivity contribution in [1.82, 2.24) is 14.7 Å². The number of ether oxygens (including phenoxy) is 1. The number of halogens is 1. The Morgan fingerprint density at radius 3 is 2.89 bits per heavy atom. The van der Waals surface area contributed by atoms with Gasteiger partial charge >= 0.3 is 0 Å². The summed E-state index contributed by atoms with van der Waals surface area (Å²) in [6.07, 6.45) is 0.0518. The van der Waals surface area contributed by atoms with Crippen LogP contribution in [0.15, 0.2) is 4.47 Å². The van der Waals surface area contributed by atoms with Gasteiger partial charge in [-0.2, -0.15) is 5.10 Å². The Labute approximate surface area is 122 Å². The van der Waals surface area contributed by atoms with E-state index in [2.05, 4.69) is 32.9 Å². The van der Waals surface area contributed by atoms with Gasteiger partial charge in [-0.05, 0) is 29.4 Å². The largest absolute Gasteiger partial charge is 0.368 e. The van der Waals surface area contributed by atoms with Crippen molar-refractivity contribution < 1.29 is 9.53 Å². The van der Waals surface area contributed by atoms with Crippen molar-refractivity contribution in [3.8, 4) is 0 Å². The van der Waals surface area contributed by atoms with Crippen LogP contribution in [0.5, 0.6) is 0 Å². The molecule has 0 aliphatic carbocycles. The molecule has 1 aliphatic heterocycles. The van der Waals surface area contributed by atoms with Crippen LogP contribution in [0.4, 0.5) is 0 Å². The second-order valence-corrected chi connectivity index (χ2v) is 5.66. The molecule has 106 valence electrons. The average Bonchev–Trinajstić information content (AvgIpc) is 2.65. The Balaban J connectivity index is 2.04. The zero-order valence-electron chi connectivity index (χ0n) is 11.6. The molecule has 6 heteroatoms. The van der Waals surface area contributed by atoms with E-state index in [9.17, 15) is 4.79 Å². The van der Waals surface area contributed by atoms with E-state index in [1.165, 1.54) is 0 Å². The van der Waals surface area contributed by atoms with E-state index in [0.29, 0.717) is 19.6 Å². The van der Waals surface area contributed by atoms with Crippen LogP contribution in [0.2, 0.25) is 0 Å². The fraction of sp³-hybridized carbons (Fsp3) is 0.692. The van der Waals surface area contributed by atoms with Gasteiger partial charge in [-0.3, -0.25) is 14.4 Å². The van der Waals surface area contributed by atoms with Crippen LogP contribution in [0, 0.1) is 6.92 Å². The van der Waals surface area contributed by atoms with E-state index in [1.54, 1.807) is 4.68 Å². The van der Waals surface area contributed by atoms with Crippen LogP contribution in [-0.2, 0) is 23.0 Å². The number of likely N-dealkylation sites (N-methyl/N-ethyl adjacent to an activating group) is 1. The van der Waals surface area contributed by atoms with Crippen molar-refractivity contribution in [3.05, 3.63) is 15.9 Å². The molecule has 2 heterocycles. The van der Waals surface area contributed by atoms with Gasteiger partial charge < -0.3 is 4.74 Å². The fourth-order valence-electron chi connectivity index (χ4n) is 2.34. The molecule has 0 amide bonds. The smallest absolute Gasteiger partial charge is 0.168 e. The zero-order chi connectivity index (χ0) is 14.0.